The van der Waals surface area contributed by atoms with E-state index in [2.05, 4.69) is 23.8 Å². The van der Waals surface area contributed by atoms with Gasteiger partial charge in [-0.1, -0.05) is 49.1 Å². The predicted octanol–water partition coefficient (Wildman–Crippen LogP) is 3.83. The summed E-state index contributed by atoms with van der Waals surface area (Å²) in [5, 5.41) is 10.5. The van der Waals surface area contributed by atoms with Crippen molar-refractivity contribution in [3.05, 3.63) is 69.9 Å². The first-order valence-corrected chi connectivity index (χ1v) is 11.2. The largest absolute Gasteiger partial charge is 0.465 e. The van der Waals surface area contributed by atoms with Gasteiger partial charge in [0.15, 0.2) is 0 Å². The Balaban J connectivity index is 1.59. The van der Waals surface area contributed by atoms with Crippen LogP contribution < -0.4 is 0 Å². The lowest BCUT2D eigenvalue weighted by Gasteiger charge is -2.17. The van der Waals surface area contributed by atoms with Crippen LogP contribution in [0.4, 0.5) is 0 Å². The maximum Gasteiger partial charge on any atom is 0.348 e. The number of benzene rings is 1. The zero-order valence-electron chi connectivity index (χ0n) is 18.1. The van der Waals surface area contributed by atoms with Crippen molar-refractivity contribution in [2.24, 2.45) is 5.92 Å². The van der Waals surface area contributed by atoms with Gasteiger partial charge in [0.25, 0.3) is 0 Å². The van der Waals surface area contributed by atoms with Crippen LogP contribution in [-0.2, 0) is 9.53 Å². The van der Waals surface area contributed by atoms with E-state index in [-0.39, 0.29) is 17.9 Å². The molecule has 1 fully saturated rings. The molecule has 0 radical (unpaired) electrons. The van der Waals surface area contributed by atoms with Crippen LogP contribution in [0.5, 0.6) is 0 Å². The quantitative estimate of drug-likeness (QED) is 0.430. The number of methoxy groups -OCH3 is 1. The van der Waals surface area contributed by atoms with Gasteiger partial charge in [0.2, 0.25) is 5.91 Å². The Labute approximate surface area is 192 Å². The molecule has 0 spiro atoms. The number of rotatable bonds is 5. The number of likely N-dealkylation sites (tertiary alicyclic amines) is 1. The van der Waals surface area contributed by atoms with Gasteiger partial charge in [-0.2, -0.15) is 0 Å². The Kier molecular flexibility index (Phi) is 8.27. The van der Waals surface area contributed by atoms with Crippen LogP contribution in [0, 0.1) is 29.7 Å². The average Bonchev–Trinajstić information content (AvgIpc) is 3.42. The van der Waals surface area contributed by atoms with Gasteiger partial charge in [0.05, 0.1) is 24.1 Å². The first kappa shape index (κ1) is 23.3. The van der Waals surface area contributed by atoms with Gasteiger partial charge in [-0.15, -0.1) is 11.3 Å². The number of nitrogens with zero attached hydrogens (tertiary/aromatic N) is 1. The Bertz CT molecular complexity index is 1100. The van der Waals surface area contributed by atoms with E-state index in [1.807, 2.05) is 43.3 Å². The Morgan fingerprint density at radius 3 is 2.81 bits per heavy atom. The third kappa shape index (κ3) is 6.34. The van der Waals surface area contributed by atoms with Gasteiger partial charge in [-0.3, -0.25) is 9.69 Å². The number of ether oxygens (including phenoxy) is 1. The zero-order chi connectivity index (χ0) is 22.9. The van der Waals surface area contributed by atoms with Crippen molar-refractivity contribution in [2.75, 3.05) is 7.11 Å². The summed E-state index contributed by atoms with van der Waals surface area (Å²) >= 11 is 1.22. The molecule has 2 aromatic rings. The molecule has 1 saturated heterocycles. The molecule has 1 N–H and O–H groups in total. The smallest absolute Gasteiger partial charge is 0.348 e. The van der Waals surface area contributed by atoms with Gasteiger partial charge in [-0.25, -0.2) is 4.79 Å². The van der Waals surface area contributed by atoms with Gasteiger partial charge >= 0.3 is 5.97 Å². The SMILES string of the molecule is COC(=O)c1ccc(C#CN2C(=O)CCC2/C=C/C(O)C(C)CC#Cc2ccccc2)s1. The number of aliphatic hydroxyl groups is 1. The van der Waals surface area contributed by atoms with Crippen LogP contribution in [0.3, 0.4) is 0 Å². The molecule has 1 aromatic heterocycles. The minimum absolute atomic E-state index is 0.0398. The van der Waals surface area contributed by atoms with E-state index in [4.69, 9.17) is 4.74 Å². The van der Waals surface area contributed by atoms with E-state index in [0.29, 0.717) is 29.0 Å². The Morgan fingerprint density at radius 2 is 2.06 bits per heavy atom. The van der Waals surface area contributed by atoms with Crippen molar-refractivity contribution in [1.29, 1.82) is 0 Å². The monoisotopic (exact) mass is 447 g/mol. The van der Waals surface area contributed by atoms with E-state index in [1.54, 1.807) is 18.2 Å². The van der Waals surface area contributed by atoms with Crippen LogP contribution in [0.25, 0.3) is 0 Å². The van der Waals surface area contributed by atoms with Crippen molar-refractivity contribution in [1.82, 2.24) is 4.90 Å². The summed E-state index contributed by atoms with van der Waals surface area (Å²) in [5.74, 6) is 8.68. The van der Waals surface area contributed by atoms with Crippen LogP contribution >= 0.6 is 11.3 Å². The number of thiophene rings is 1. The Morgan fingerprint density at radius 1 is 1.28 bits per heavy atom. The van der Waals surface area contributed by atoms with Crippen molar-refractivity contribution in [2.45, 2.75) is 38.3 Å². The molecule has 32 heavy (non-hydrogen) atoms. The fourth-order valence-corrected chi connectivity index (χ4v) is 3.92. The minimum Gasteiger partial charge on any atom is -0.465 e. The fourth-order valence-electron chi connectivity index (χ4n) is 3.15. The second kappa shape index (κ2) is 11.3. The normalized spacial score (nSPS) is 17.3. The lowest BCUT2D eigenvalue weighted by Crippen LogP contribution is -2.27. The molecule has 1 aliphatic heterocycles. The third-order valence-corrected chi connectivity index (χ3v) is 6.07. The highest BCUT2D eigenvalue weighted by atomic mass is 32.1. The molecule has 1 amide bonds. The summed E-state index contributed by atoms with van der Waals surface area (Å²) in [6.45, 7) is 1.95. The van der Waals surface area contributed by atoms with Crippen molar-refractivity contribution in [3.63, 3.8) is 0 Å². The van der Waals surface area contributed by atoms with Crippen molar-refractivity contribution in [3.8, 4) is 23.8 Å². The van der Waals surface area contributed by atoms with E-state index in [1.165, 1.54) is 23.3 Å². The van der Waals surface area contributed by atoms with Gasteiger partial charge < -0.3 is 9.84 Å². The van der Waals surface area contributed by atoms with Crippen LogP contribution in [0.1, 0.15) is 46.3 Å². The highest BCUT2D eigenvalue weighted by molar-refractivity contribution is 7.14. The fraction of sp³-hybridized carbons (Fsp3) is 0.308. The third-order valence-electron chi connectivity index (χ3n) is 5.09. The maximum absolute atomic E-state index is 12.3. The lowest BCUT2D eigenvalue weighted by molar-refractivity contribution is -0.125. The Hall–Kier alpha value is -3.32. The molecule has 0 aliphatic carbocycles. The highest BCUT2D eigenvalue weighted by Gasteiger charge is 2.28. The van der Waals surface area contributed by atoms with Gasteiger partial charge in [0.1, 0.15) is 4.88 Å². The van der Waals surface area contributed by atoms with Crippen molar-refractivity contribution < 1.29 is 19.4 Å². The molecular weight excluding hydrogens is 422 g/mol. The van der Waals surface area contributed by atoms with Crippen LogP contribution in [0.2, 0.25) is 0 Å². The summed E-state index contributed by atoms with van der Waals surface area (Å²) in [6, 6.07) is 15.8. The van der Waals surface area contributed by atoms with Crippen LogP contribution in [-0.4, -0.2) is 41.1 Å². The molecule has 1 aliphatic rings. The molecule has 6 heteroatoms. The number of esters is 1. The van der Waals surface area contributed by atoms with Gasteiger partial charge in [0, 0.05) is 24.4 Å². The molecule has 164 valence electrons. The first-order valence-electron chi connectivity index (χ1n) is 10.4. The average molecular weight is 448 g/mol. The number of carbonyl (C=O) groups excluding carboxylic acids is 2. The van der Waals surface area contributed by atoms with E-state index >= 15 is 0 Å². The number of hydrogen-bond acceptors (Lipinski definition) is 5. The molecule has 3 rings (SSSR count). The number of aliphatic hydroxyl groups excluding tert-OH is 1. The molecule has 0 saturated carbocycles. The molecule has 2 heterocycles. The summed E-state index contributed by atoms with van der Waals surface area (Å²) in [4.78, 5) is 26.5. The highest BCUT2D eigenvalue weighted by Crippen LogP contribution is 2.21. The molecule has 1 aromatic carbocycles. The maximum atomic E-state index is 12.3. The number of hydrogen-bond donors (Lipinski definition) is 1. The molecule has 5 nitrogen and oxygen atoms in total. The van der Waals surface area contributed by atoms with Crippen molar-refractivity contribution >= 4 is 23.2 Å². The zero-order valence-corrected chi connectivity index (χ0v) is 18.9. The lowest BCUT2D eigenvalue weighted by atomic mass is 9.99. The standard InChI is InChI=1S/C26H25NO4S/c1-19(7-6-10-20-8-4-3-5-9-20)23(28)14-11-21-12-16-25(29)27(21)18-17-22-13-15-24(32-22)26(30)31-2/h3-5,8-9,11,13-15,19,21,23,28H,7,12,16H2,1-2H3/b14-11+. The summed E-state index contributed by atoms with van der Waals surface area (Å²) < 4.78 is 4.70. The molecule has 3 atom stereocenters. The first-order chi connectivity index (χ1) is 15.5. The van der Waals surface area contributed by atoms with E-state index in [9.17, 15) is 14.7 Å². The summed E-state index contributed by atoms with van der Waals surface area (Å²) in [6.07, 6.45) is 4.54. The number of amides is 1. The summed E-state index contributed by atoms with van der Waals surface area (Å²) in [5.41, 5.74) is 0.952. The molecular formula is C26H25NO4S. The second-order valence-corrected chi connectivity index (χ2v) is 8.57. The second-order valence-electron chi connectivity index (χ2n) is 7.49. The molecule has 0 bridgehead atoms. The topological polar surface area (TPSA) is 66.8 Å². The van der Waals surface area contributed by atoms with E-state index < -0.39 is 12.1 Å². The molecule has 3 unspecified atom stereocenters. The predicted molar refractivity (Wildman–Crippen MR) is 125 cm³/mol. The van der Waals surface area contributed by atoms with Crippen LogP contribution in [0.15, 0.2) is 54.6 Å². The number of carbonyl (C=O) groups is 2. The van der Waals surface area contributed by atoms with Gasteiger partial charge in [-0.05, 0) is 42.5 Å². The minimum atomic E-state index is -0.662. The summed E-state index contributed by atoms with van der Waals surface area (Å²) in [7, 11) is 1.33. The van der Waals surface area contributed by atoms with E-state index in [0.717, 1.165) is 5.56 Å².